The molecule has 2 aliphatic rings. The summed E-state index contributed by atoms with van der Waals surface area (Å²) in [5, 5.41) is 3.11. The molecule has 25 heavy (non-hydrogen) atoms. The standard InChI is InChI=1S/C21H22N2O2/c1-23-19(15-7-3-2-4-8-15)18(20(24)22-13-14-11-12-14)16-9-5-6-10-17(16)21(23)25/h2-10,14,18-19H,11-13H2,1H3,(H,22,24). The molecule has 2 amide bonds. The Balaban J connectivity index is 1.76. The molecule has 0 radical (unpaired) electrons. The fraction of sp³-hybridized carbons (Fsp3) is 0.333. The van der Waals surface area contributed by atoms with Gasteiger partial charge in [0.2, 0.25) is 5.91 Å². The largest absolute Gasteiger partial charge is 0.355 e. The first kappa shape index (κ1) is 15.9. The Morgan fingerprint density at radius 2 is 1.76 bits per heavy atom. The lowest BCUT2D eigenvalue weighted by Gasteiger charge is -2.39. The molecule has 1 saturated carbocycles. The van der Waals surface area contributed by atoms with Crippen molar-refractivity contribution < 1.29 is 9.59 Å². The van der Waals surface area contributed by atoms with Gasteiger partial charge >= 0.3 is 0 Å². The van der Waals surface area contributed by atoms with E-state index in [0.29, 0.717) is 11.5 Å². The molecule has 2 unspecified atom stereocenters. The van der Waals surface area contributed by atoms with Crippen LogP contribution in [-0.2, 0) is 4.79 Å². The van der Waals surface area contributed by atoms with Crippen molar-refractivity contribution in [2.24, 2.45) is 5.92 Å². The third-order valence-electron chi connectivity index (χ3n) is 5.27. The molecule has 4 heteroatoms. The van der Waals surface area contributed by atoms with Crippen LogP contribution in [0.3, 0.4) is 0 Å². The zero-order valence-corrected chi connectivity index (χ0v) is 14.3. The average Bonchev–Trinajstić information content (AvgIpc) is 3.47. The summed E-state index contributed by atoms with van der Waals surface area (Å²) < 4.78 is 0. The molecule has 0 aromatic heterocycles. The van der Waals surface area contributed by atoms with Crippen LogP contribution in [0.25, 0.3) is 0 Å². The van der Waals surface area contributed by atoms with Gasteiger partial charge in [0.1, 0.15) is 0 Å². The normalized spacial score (nSPS) is 22.4. The molecule has 1 heterocycles. The second-order valence-electron chi connectivity index (χ2n) is 7.03. The molecular weight excluding hydrogens is 312 g/mol. The molecule has 0 saturated heterocycles. The van der Waals surface area contributed by atoms with E-state index in [1.54, 1.807) is 11.9 Å². The summed E-state index contributed by atoms with van der Waals surface area (Å²) in [6.07, 6.45) is 2.39. The summed E-state index contributed by atoms with van der Waals surface area (Å²) in [6.45, 7) is 0.733. The van der Waals surface area contributed by atoms with Gasteiger partial charge in [-0.15, -0.1) is 0 Å². The number of rotatable bonds is 4. The van der Waals surface area contributed by atoms with Crippen LogP contribution in [0.2, 0.25) is 0 Å². The Morgan fingerprint density at radius 3 is 2.48 bits per heavy atom. The number of carbonyl (C=O) groups is 2. The number of nitrogens with one attached hydrogen (secondary N) is 1. The zero-order chi connectivity index (χ0) is 17.4. The molecule has 1 fully saturated rings. The molecule has 128 valence electrons. The van der Waals surface area contributed by atoms with Crippen LogP contribution in [0.15, 0.2) is 54.6 Å². The van der Waals surface area contributed by atoms with Gasteiger partial charge in [-0.25, -0.2) is 0 Å². The number of benzene rings is 2. The van der Waals surface area contributed by atoms with Crippen molar-refractivity contribution >= 4 is 11.8 Å². The number of amides is 2. The third kappa shape index (κ3) is 2.93. The average molecular weight is 334 g/mol. The van der Waals surface area contributed by atoms with Gasteiger partial charge in [0, 0.05) is 19.2 Å². The smallest absolute Gasteiger partial charge is 0.254 e. The highest BCUT2D eigenvalue weighted by atomic mass is 16.2. The second-order valence-corrected chi connectivity index (χ2v) is 7.03. The SMILES string of the molecule is CN1C(=O)c2ccccc2C(C(=O)NCC2CC2)C1c1ccccc1. The minimum Gasteiger partial charge on any atom is -0.355 e. The highest BCUT2D eigenvalue weighted by Crippen LogP contribution is 2.42. The molecule has 1 aliphatic carbocycles. The number of nitrogens with zero attached hydrogens (tertiary/aromatic N) is 1. The Kier molecular flexibility index (Phi) is 4.04. The highest BCUT2D eigenvalue weighted by Gasteiger charge is 2.42. The summed E-state index contributed by atoms with van der Waals surface area (Å²) in [4.78, 5) is 27.6. The minimum atomic E-state index is -0.389. The van der Waals surface area contributed by atoms with Crippen molar-refractivity contribution in [1.82, 2.24) is 10.2 Å². The van der Waals surface area contributed by atoms with Gasteiger partial charge in [-0.2, -0.15) is 0 Å². The minimum absolute atomic E-state index is 0.00699. The van der Waals surface area contributed by atoms with Crippen LogP contribution < -0.4 is 5.32 Å². The molecule has 4 rings (SSSR count). The van der Waals surface area contributed by atoms with E-state index >= 15 is 0 Å². The van der Waals surface area contributed by atoms with Crippen LogP contribution in [0, 0.1) is 5.92 Å². The summed E-state index contributed by atoms with van der Waals surface area (Å²) in [7, 11) is 1.79. The molecule has 2 atom stereocenters. The van der Waals surface area contributed by atoms with Gasteiger partial charge in [0.15, 0.2) is 0 Å². The van der Waals surface area contributed by atoms with Crippen molar-refractivity contribution in [1.29, 1.82) is 0 Å². The lowest BCUT2D eigenvalue weighted by molar-refractivity contribution is -0.124. The Labute approximate surface area is 147 Å². The van der Waals surface area contributed by atoms with Gasteiger partial charge in [-0.3, -0.25) is 9.59 Å². The predicted octanol–water partition coefficient (Wildman–Crippen LogP) is 3.12. The molecule has 4 nitrogen and oxygen atoms in total. The first-order valence-electron chi connectivity index (χ1n) is 8.85. The molecule has 1 aliphatic heterocycles. The van der Waals surface area contributed by atoms with Gasteiger partial charge in [-0.1, -0.05) is 48.5 Å². The zero-order valence-electron chi connectivity index (χ0n) is 14.3. The monoisotopic (exact) mass is 334 g/mol. The number of fused-ring (bicyclic) bond motifs is 1. The van der Waals surface area contributed by atoms with E-state index in [-0.39, 0.29) is 23.8 Å². The fourth-order valence-corrected chi connectivity index (χ4v) is 3.70. The van der Waals surface area contributed by atoms with E-state index in [9.17, 15) is 9.59 Å². The molecule has 1 N–H and O–H groups in total. The molecule has 2 aromatic carbocycles. The van der Waals surface area contributed by atoms with Crippen molar-refractivity contribution in [2.45, 2.75) is 24.8 Å². The maximum absolute atomic E-state index is 13.1. The van der Waals surface area contributed by atoms with E-state index in [1.165, 1.54) is 12.8 Å². The summed E-state index contributed by atoms with van der Waals surface area (Å²) >= 11 is 0. The topological polar surface area (TPSA) is 49.4 Å². The quantitative estimate of drug-likeness (QED) is 0.934. The predicted molar refractivity (Wildman–Crippen MR) is 96.2 cm³/mol. The van der Waals surface area contributed by atoms with Gasteiger partial charge in [0.25, 0.3) is 5.91 Å². The van der Waals surface area contributed by atoms with Crippen molar-refractivity contribution in [3.8, 4) is 0 Å². The summed E-state index contributed by atoms with van der Waals surface area (Å²) in [5.41, 5.74) is 2.44. The van der Waals surface area contributed by atoms with Gasteiger partial charge < -0.3 is 10.2 Å². The number of hydrogen-bond donors (Lipinski definition) is 1. The van der Waals surface area contributed by atoms with Crippen LogP contribution in [0.1, 0.15) is 46.3 Å². The first-order chi connectivity index (χ1) is 12.2. The Bertz CT molecular complexity index is 799. The van der Waals surface area contributed by atoms with Gasteiger partial charge in [-0.05, 0) is 36.0 Å². The molecular formula is C21H22N2O2. The highest BCUT2D eigenvalue weighted by molar-refractivity contribution is 6.01. The summed E-state index contributed by atoms with van der Waals surface area (Å²) in [5.74, 6) is 0.209. The summed E-state index contributed by atoms with van der Waals surface area (Å²) in [6, 6.07) is 17.0. The Morgan fingerprint density at radius 1 is 1.08 bits per heavy atom. The number of hydrogen-bond acceptors (Lipinski definition) is 2. The van der Waals surface area contributed by atoms with Crippen molar-refractivity contribution in [2.75, 3.05) is 13.6 Å². The van der Waals surface area contributed by atoms with Crippen molar-refractivity contribution in [3.05, 3.63) is 71.3 Å². The number of likely N-dealkylation sites (N-methyl/N-ethyl adjacent to an activating group) is 1. The maximum Gasteiger partial charge on any atom is 0.254 e. The lowest BCUT2D eigenvalue weighted by Crippen LogP contribution is -2.45. The maximum atomic E-state index is 13.1. The number of carbonyl (C=O) groups excluding carboxylic acids is 2. The Hall–Kier alpha value is -2.62. The van der Waals surface area contributed by atoms with Crippen LogP contribution in [-0.4, -0.2) is 30.3 Å². The molecule has 2 aromatic rings. The van der Waals surface area contributed by atoms with E-state index in [2.05, 4.69) is 5.32 Å². The third-order valence-corrected chi connectivity index (χ3v) is 5.27. The van der Waals surface area contributed by atoms with Gasteiger partial charge in [0.05, 0.1) is 12.0 Å². The van der Waals surface area contributed by atoms with Crippen LogP contribution >= 0.6 is 0 Å². The second kappa shape index (κ2) is 6.36. The first-order valence-corrected chi connectivity index (χ1v) is 8.85. The van der Waals surface area contributed by atoms with Crippen LogP contribution in [0.4, 0.5) is 0 Å². The van der Waals surface area contributed by atoms with E-state index < -0.39 is 0 Å². The van der Waals surface area contributed by atoms with Crippen molar-refractivity contribution in [3.63, 3.8) is 0 Å². The molecule has 0 spiro atoms. The van der Waals surface area contributed by atoms with E-state index in [1.807, 2.05) is 54.6 Å². The van der Waals surface area contributed by atoms with E-state index in [4.69, 9.17) is 0 Å². The molecule has 0 bridgehead atoms. The lowest BCUT2D eigenvalue weighted by atomic mass is 9.79. The van der Waals surface area contributed by atoms with Crippen LogP contribution in [0.5, 0.6) is 0 Å². The van der Waals surface area contributed by atoms with E-state index in [0.717, 1.165) is 17.7 Å². The fourth-order valence-electron chi connectivity index (χ4n) is 3.70.